The predicted molar refractivity (Wildman–Crippen MR) is 103 cm³/mol. The predicted octanol–water partition coefficient (Wildman–Crippen LogP) is 1.17. The van der Waals surface area contributed by atoms with E-state index in [0.717, 1.165) is 0 Å². The standard InChI is InChI=1S/C16H24ClN4O7P/c1-8(2)26-13(22)9(3)20-29(24)25-7-10-12(28-29)16(4,17)14(27-10)21-6-5-11(18)19-15(21)23/h5-6,8-10,12,14H,7H2,1-4H3,(H,20,24)(H2,18,19,23)/t9-,10+,12+,14+,16+,29+/m0/s1. The fourth-order valence-corrected chi connectivity index (χ4v) is 5.33. The van der Waals surface area contributed by atoms with Crippen molar-refractivity contribution in [2.75, 3.05) is 12.3 Å². The molecule has 13 heteroatoms. The van der Waals surface area contributed by atoms with Gasteiger partial charge in [0.15, 0.2) is 6.23 Å². The summed E-state index contributed by atoms with van der Waals surface area (Å²) in [5, 5.41) is 2.55. The first-order valence-electron chi connectivity index (χ1n) is 9.03. The third kappa shape index (κ3) is 4.50. The van der Waals surface area contributed by atoms with Gasteiger partial charge < -0.3 is 15.2 Å². The van der Waals surface area contributed by atoms with Crippen LogP contribution in [0.3, 0.4) is 0 Å². The van der Waals surface area contributed by atoms with E-state index in [1.165, 1.54) is 23.8 Å². The summed E-state index contributed by atoms with van der Waals surface area (Å²) < 4.78 is 36.2. The third-order valence-electron chi connectivity index (χ3n) is 4.50. The lowest BCUT2D eigenvalue weighted by Crippen LogP contribution is -2.47. The summed E-state index contributed by atoms with van der Waals surface area (Å²) in [4.78, 5) is 26.6. The second-order valence-corrected chi connectivity index (χ2v) is 9.91. The monoisotopic (exact) mass is 450 g/mol. The van der Waals surface area contributed by atoms with Crippen molar-refractivity contribution in [3.8, 4) is 0 Å². The Morgan fingerprint density at radius 2 is 2.21 bits per heavy atom. The summed E-state index contributed by atoms with van der Waals surface area (Å²) in [6.45, 7) is 6.37. The smallest absolute Gasteiger partial charge is 0.406 e. The van der Waals surface area contributed by atoms with E-state index in [2.05, 4.69) is 10.1 Å². The Labute approximate surface area is 172 Å². The summed E-state index contributed by atoms with van der Waals surface area (Å²) in [7, 11) is -3.89. The van der Waals surface area contributed by atoms with Crippen molar-refractivity contribution in [1.29, 1.82) is 0 Å². The zero-order valence-corrected chi connectivity index (χ0v) is 18.1. The molecule has 1 aromatic heterocycles. The molecule has 0 spiro atoms. The Balaban J connectivity index is 1.78. The Hall–Kier alpha value is -1.49. The third-order valence-corrected chi connectivity index (χ3v) is 6.60. The van der Waals surface area contributed by atoms with Crippen LogP contribution in [-0.2, 0) is 27.9 Å². The second kappa shape index (κ2) is 7.98. The number of aromatic nitrogens is 2. The average Bonchev–Trinajstić information content (AvgIpc) is 2.85. The number of carbonyl (C=O) groups is 1. The van der Waals surface area contributed by atoms with E-state index in [1.54, 1.807) is 20.8 Å². The van der Waals surface area contributed by atoms with Gasteiger partial charge in [-0.2, -0.15) is 4.98 Å². The minimum absolute atomic E-state index is 0.0634. The number of nitrogens with zero attached hydrogens (tertiary/aromatic N) is 2. The molecule has 0 aromatic carbocycles. The molecule has 0 aliphatic carbocycles. The first-order valence-corrected chi connectivity index (χ1v) is 11.0. The molecule has 6 atom stereocenters. The van der Waals surface area contributed by atoms with Crippen LogP contribution in [0.15, 0.2) is 17.1 Å². The highest BCUT2D eigenvalue weighted by Gasteiger charge is 2.60. The van der Waals surface area contributed by atoms with Crippen molar-refractivity contribution in [3.05, 3.63) is 22.7 Å². The zero-order valence-electron chi connectivity index (χ0n) is 16.4. The highest BCUT2D eigenvalue weighted by molar-refractivity contribution is 7.51. The van der Waals surface area contributed by atoms with Crippen molar-refractivity contribution in [2.24, 2.45) is 0 Å². The van der Waals surface area contributed by atoms with Crippen molar-refractivity contribution in [3.63, 3.8) is 0 Å². The first kappa shape index (κ1) is 22.2. The van der Waals surface area contributed by atoms with Gasteiger partial charge in [-0.3, -0.25) is 18.4 Å². The molecule has 1 aromatic rings. The number of carbonyl (C=O) groups excluding carboxylic acids is 1. The van der Waals surface area contributed by atoms with Gasteiger partial charge >= 0.3 is 19.4 Å². The average molecular weight is 451 g/mol. The minimum atomic E-state index is -3.89. The van der Waals surface area contributed by atoms with Crippen LogP contribution in [-0.4, -0.2) is 51.4 Å². The molecule has 3 N–H and O–H groups in total. The molecule has 3 rings (SSSR count). The maximum absolute atomic E-state index is 13.0. The normalized spacial score (nSPS) is 35.3. The molecule has 0 unspecified atom stereocenters. The van der Waals surface area contributed by atoms with Gasteiger partial charge in [-0.25, -0.2) is 14.4 Å². The van der Waals surface area contributed by atoms with Crippen LogP contribution in [0.1, 0.15) is 33.9 Å². The summed E-state index contributed by atoms with van der Waals surface area (Å²) in [5.41, 5.74) is 4.88. The molecule has 2 aliphatic heterocycles. The maximum Gasteiger partial charge on any atom is 0.406 e. The number of anilines is 1. The molecule has 3 heterocycles. The van der Waals surface area contributed by atoms with Gasteiger partial charge in [0.25, 0.3) is 0 Å². The largest absolute Gasteiger partial charge is 0.462 e. The number of fused-ring (bicyclic) bond motifs is 1. The minimum Gasteiger partial charge on any atom is -0.462 e. The fourth-order valence-electron chi connectivity index (χ4n) is 3.16. The highest BCUT2D eigenvalue weighted by Crippen LogP contribution is 2.57. The van der Waals surface area contributed by atoms with Crippen LogP contribution < -0.4 is 16.5 Å². The number of hydrogen-bond donors (Lipinski definition) is 2. The SMILES string of the molecule is CC(C)OC(=O)[C@H](C)N[P@@]1(=O)OC[C@H]2O[C@@H](n3ccc(N)nc3=O)[C@](C)(Cl)[C@@H]2O1. The summed E-state index contributed by atoms with van der Waals surface area (Å²) in [5.74, 6) is -0.535. The molecule has 29 heavy (non-hydrogen) atoms. The molecular formula is C16H24ClN4O7P. The quantitative estimate of drug-likeness (QED) is 0.381. The lowest BCUT2D eigenvalue weighted by Gasteiger charge is -2.36. The fraction of sp³-hybridized carbons (Fsp3) is 0.688. The van der Waals surface area contributed by atoms with Crippen molar-refractivity contribution >= 4 is 31.1 Å². The second-order valence-electron chi connectivity index (χ2n) is 7.38. The van der Waals surface area contributed by atoms with Crippen molar-refractivity contribution < 1.29 is 27.9 Å². The summed E-state index contributed by atoms with van der Waals surface area (Å²) in [6, 6.07) is 0.495. The number of rotatable bonds is 5. The number of nitrogen functional groups attached to an aromatic ring is 1. The Kier molecular flexibility index (Phi) is 6.11. The molecular weight excluding hydrogens is 427 g/mol. The molecule has 2 saturated heterocycles. The van der Waals surface area contributed by atoms with Gasteiger partial charge in [-0.15, -0.1) is 11.6 Å². The first-order chi connectivity index (χ1) is 13.4. The van der Waals surface area contributed by atoms with Gasteiger partial charge in [0, 0.05) is 6.20 Å². The van der Waals surface area contributed by atoms with E-state index in [0.29, 0.717) is 0 Å². The lowest BCUT2D eigenvalue weighted by molar-refractivity contribution is -0.149. The number of alkyl halides is 1. The summed E-state index contributed by atoms with van der Waals surface area (Å²) >= 11 is 6.68. The number of esters is 1. The van der Waals surface area contributed by atoms with Gasteiger partial charge in [0.2, 0.25) is 0 Å². The zero-order chi connectivity index (χ0) is 21.6. The number of nitrogens with two attached hydrogens (primary N) is 1. The Morgan fingerprint density at radius 3 is 2.83 bits per heavy atom. The Morgan fingerprint density at radius 1 is 1.52 bits per heavy atom. The Bertz CT molecular complexity index is 892. The highest BCUT2D eigenvalue weighted by atomic mass is 35.5. The number of hydrogen-bond acceptors (Lipinski definition) is 9. The van der Waals surface area contributed by atoms with Crippen LogP contribution in [0, 0.1) is 0 Å². The van der Waals surface area contributed by atoms with Gasteiger partial charge in [0.1, 0.15) is 28.9 Å². The maximum atomic E-state index is 13.0. The van der Waals surface area contributed by atoms with Crippen LogP contribution >= 0.6 is 19.3 Å². The van der Waals surface area contributed by atoms with Crippen molar-refractivity contribution in [2.45, 2.75) is 63.2 Å². The van der Waals surface area contributed by atoms with E-state index in [-0.39, 0.29) is 18.5 Å². The molecule has 0 bridgehead atoms. The van der Waals surface area contributed by atoms with E-state index >= 15 is 0 Å². The molecule has 0 radical (unpaired) electrons. The molecule has 11 nitrogen and oxygen atoms in total. The van der Waals surface area contributed by atoms with E-state index < -0.39 is 48.8 Å². The van der Waals surface area contributed by atoms with Gasteiger partial charge in [-0.05, 0) is 33.8 Å². The molecule has 2 fully saturated rings. The van der Waals surface area contributed by atoms with Crippen LogP contribution in [0.4, 0.5) is 5.82 Å². The van der Waals surface area contributed by atoms with Crippen LogP contribution in [0.2, 0.25) is 0 Å². The molecule has 162 valence electrons. The van der Waals surface area contributed by atoms with Gasteiger partial charge in [-0.1, -0.05) is 0 Å². The summed E-state index contributed by atoms with van der Waals surface area (Å²) in [6.07, 6.45) is -1.45. The van der Waals surface area contributed by atoms with E-state index in [9.17, 15) is 14.2 Å². The lowest BCUT2D eigenvalue weighted by atomic mass is 10.0. The number of halogens is 1. The van der Waals surface area contributed by atoms with E-state index in [4.69, 9.17) is 35.9 Å². The molecule has 0 amide bonds. The van der Waals surface area contributed by atoms with E-state index in [1.807, 2.05) is 0 Å². The number of nitrogens with one attached hydrogen (secondary N) is 1. The number of ether oxygens (including phenoxy) is 2. The molecule has 2 aliphatic rings. The van der Waals surface area contributed by atoms with Crippen LogP contribution in [0.25, 0.3) is 0 Å². The molecule has 0 saturated carbocycles. The topological polar surface area (TPSA) is 144 Å². The van der Waals surface area contributed by atoms with Gasteiger partial charge in [0.05, 0.1) is 12.7 Å². The van der Waals surface area contributed by atoms with Crippen molar-refractivity contribution in [1.82, 2.24) is 14.6 Å². The van der Waals surface area contributed by atoms with Crippen LogP contribution in [0.5, 0.6) is 0 Å².